The van der Waals surface area contributed by atoms with Crippen molar-refractivity contribution in [2.45, 2.75) is 51.2 Å². The summed E-state index contributed by atoms with van der Waals surface area (Å²) in [6, 6.07) is 5.96. The summed E-state index contributed by atoms with van der Waals surface area (Å²) >= 11 is 0. The lowest BCUT2D eigenvalue weighted by molar-refractivity contribution is 0.00105. The van der Waals surface area contributed by atoms with Crippen molar-refractivity contribution in [1.29, 1.82) is 0 Å². The molecule has 1 aromatic carbocycles. The monoisotopic (exact) mass is 249 g/mol. The fraction of sp³-hybridized carbons (Fsp3) is 0.600. The van der Waals surface area contributed by atoms with E-state index in [1.54, 1.807) is 0 Å². The molecule has 1 saturated carbocycles. The summed E-state index contributed by atoms with van der Waals surface area (Å²) < 4.78 is 5.81. The van der Waals surface area contributed by atoms with E-state index in [0.717, 1.165) is 37.0 Å². The first-order chi connectivity index (χ1) is 8.50. The van der Waals surface area contributed by atoms with Crippen LogP contribution >= 0.6 is 0 Å². The maximum absolute atomic E-state index is 10.3. The normalized spacial score (nSPS) is 19.8. The second kappa shape index (κ2) is 5.29. The molecule has 0 unspecified atom stereocenters. The molecular weight excluding hydrogens is 226 g/mol. The molecule has 0 aromatic heterocycles. The van der Waals surface area contributed by atoms with Gasteiger partial charge >= 0.3 is 0 Å². The van der Waals surface area contributed by atoms with Crippen LogP contribution in [0.2, 0.25) is 0 Å². The molecular formula is C15H23NO2. The Morgan fingerprint density at radius 3 is 2.67 bits per heavy atom. The Morgan fingerprint density at radius 2 is 2.06 bits per heavy atom. The molecule has 1 aliphatic carbocycles. The molecule has 0 radical (unpaired) electrons. The van der Waals surface area contributed by atoms with Crippen LogP contribution in [-0.4, -0.2) is 17.3 Å². The van der Waals surface area contributed by atoms with Gasteiger partial charge in [0.1, 0.15) is 12.4 Å². The van der Waals surface area contributed by atoms with Gasteiger partial charge in [0, 0.05) is 11.6 Å². The summed E-state index contributed by atoms with van der Waals surface area (Å²) in [6.45, 7) is 4.36. The topological polar surface area (TPSA) is 55.5 Å². The lowest BCUT2D eigenvalue weighted by Crippen LogP contribution is -2.32. The van der Waals surface area contributed by atoms with Crippen LogP contribution in [0.1, 0.15) is 49.8 Å². The van der Waals surface area contributed by atoms with Crippen molar-refractivity contribution in [3.8, 4) is 5.75 Å². The van der Waals surface area contributed by atoms with Gasteiger partial charge in [-0.1, -0.05) is 30.5 Å². The smallest absolute Gasteiger partial charge is 0.124 e. The standard InChI is InChI=1S/C15H23NO2/c1-11-5-6-14(13(9-11)12(2)16)18-10-15(17)7-3-4-8-15/h5-6,9,12,17H,3-4,7-8,10,16H2,1-2H3/t12-/m1/s1. The van der Waals surface area contributed by atoms with E-state index in [1.807, 2.05) is 26.0 Å². The molecule has 3 N–H and O–H groups in total. The molecule has 3 heteroatoms. The molecule has 1 atom stereocenters. The van der Waals surface area contributed by atoms with Crippen LogP contribution in [0.5, 0.6) is 5.75 Å². The van der Waals surface area contributed by atoms with Gasteiger partial charge in [0.15, 0.2) is 0 Å². The number of hydrogen-bond donors (Lipinski definition) is 2. The highest BCUT2D eigenvalue weighted by atomic mass is 16.5. The van der Waals surface area contributed by atoms with Gasteiger partial charge in [-0.15, -0.1) is 0 Å². The maximum Gasteiger partial charge on any atom is 0.124 e. The Balaban J connectivity index is 2.09. The van der Waals surface area contributed by atoms with E-state index in [2.05, 4.69) is 6.07 Å². The molecule has 1 aromatic rings. The van der Waals surface area contributed by atoms with E-state index in [4.69, 9.17) is 10.5 Å². The lowest BCUT2D eigenvalue weighted by Gasteiger charge is -2.24. The minimum Gasteiger partial charge on any atom is -0.490 e. The zero-order valence-electron chi connectivity index (χ0n) is 11.3. The second-order valence-corrected chi connectivity index (χ2v) is 5.55. The molecule has 0 bridgehead atoms. The Hall–Kier alpha value is -1.06. The van der Waals surface area contributed by atoms with Gasteiger partial charge in [-0.25, -0.2) is 0 Å². The third kappa shape index (κ3) is 3.03. The van der Waals surface area contributed by atoms with E-state index >= 15 is 0 Å². The van der Waals surface area contributed by atoms with Crippen molar-refractivity contribution < 1.29 is 9.84 Å². The van der Waals surface area contributed by atoms with Gasteiger partial charge < -0.3 is 15.6 Å². The number of rotatable bonds is 4. The first-order valence-corrected chi connectivity index (χ1v) is 6.71. The molecule has 2 rings (SSSR count). The van der Waals surface area contributed by atoms with Crippen LogP contribution < -0.4 is 10.5 Å². The van der Waals surface area contributed by atoms with Gasteiger partial charge in [0.05, 0.1) is 5.60 Å². The van der Waals surface area contributed by atoms with Gasteiger partial charge in [-0.05, 0) is 32.8 Å². The van der Waals surface area contributed by atoms with E-state index in [1.165, 1.54) is 5.56 Å². The predicted octanol–water partition coefficient (Wildman–Crippen LogP) is 2.70. The van der Waals surface area contributed by atoms with E-state index in [0.29, 0.717) is 6.61 Å². The van der Waals surface area contributed by atoms with Crippen molar-refractivity contribution in [3.05, 3.63) is 29.3 Å². The highest BCUT2D eigenvalue weighted by molar-refractivity contribution is 5.38. The highest BCUT2D eigenvalue weighted by Crippen LogP contribution is 2.31. The van der Waals surface area contributed by atoms with Crippen molar-refractivity contribution in [1.82, 2.24) is 0 Å². The summed E-state index contributed by atoms with van der Waals surface area (Å²) in [6.07, 6.45) is 3.86. The predicted molar refractivity (Wildman–Crippen MR) is 72.7 cm³/mol. The summed E-state index contributed by atoms with van der Waals surface area (Å²) in [5.74, 6) is 0.802. The van der Waals surface area contributed by atoms with Crippen LogP contribution in [0, 0.1) is 6.92 Å². The van der Waals surface area contributed by atoms with Gasteiger partial charge in [0.25, 0.3) is 0 Å². The Morgan fingerprint density at radius 1 is 1.39 bits per heavy atom. The Bertz CT molecular complexity index is 409. The lowest BCUT2D eigenvalue weighted by atomic mass is 10.0. The zero-order valence-corrected chi connectivity index (χ0v) is 11.3. The minimum atomic E-state index is -0.639. The summed E-state index contributed by atoms with van der Waals surface area (Å²) in [5, 5.41) is 10.3. The van der Waals surface area contributed by atoms with E-state index in [-0.39, 0.29) is 6.04 Å². The molecule has 0 saturated heterocycles. The molecule has 0 spiro atoms. The van der Waals surface area contributed by atoms with Crippen LogP contribution in [0.15, 0.2) is 18.2 Å². The van der Waals surface area contributed by atoms with Crippen LogP contribution in [0.25, 0.3) is 0 Å². The van der Waals surface area contributed by atoms with E-state index in [9.17, 15) is 5.11 Å². The van der Waals surface area contributed by atoms with Crippen molar-refractivity contribution in [3.63, 3.8) is 0 Å². The summed E-state index contributed by atoms with van der Waals surface area (Å²) in [4.78, 5) is 0. The van der Waals surface area contributed by atoms with Crippen LogP contribution in [0.4, 0.5) is 0 Å². The third-order valence-electron chi connectivity index (χ3n) is 3.69. The minimum absolute atomic E-state index is 0.0573. The molecule has 0 aliphatic heterocycles. The van der Waals surface area contributed by atoms with Gasteiger partial charge in [-0.3, -0.25) is 0 Å². The summed E-state index contributed by atoms with van der Waals surface area (Å²) in [5.41, 5.74) is 7.50. The zero-order chi connectivity index (χ0) is 13.2. The average Bonchev–Trinajstić information content (AvgIpc) is 2.75. The van der Waals surface area contributed by atoms with Crippen molar-refractivity contribution in [2.24, 2.45) is 5.73 Å². The number of aryl methyl sites for hydroxylation is 1. The number of ether oxygens (including phenoxy) is 1. The fourth-order valence-corrected chi connectivity index (χ4v) is 2.54. The highest BCUT2D eigenvalue weighted by Gasteiger charge is 2.32. The fourth-order valence-electron chi connectivity index (χ4n) is 2.54. The molecule has 1 aliphatic rings. The van der Waals surface area contributed by atoms with Crippen molar-refractivity contribution >= 4 is 0 Å². The quantitative estimate of drug-likeness (QED) is 0.862. The van der Waals surface area contributed by atoms with E-state index < -0.39 is 5.60 Å². The number of nitrogens with two attached hydrogens (primary N) is 1. The molecule has 0 amide bonds. The largest absolute Gasteiger partial charge is 0.490 e. The first kappa shape index (κ1) is 13.4. The van der Waals surface area contributed by atoms with Crippen molar-refractivity contribution in [2.75, 3.05) is 6.61 Å². The maximum atomic E-state index is 10.3. The molecule has 3 nitrogen and oxygen atoms in total. The Kier molecular flexibility index (Phi) is 3.93. The van der Waals surface area contributed by atoms with Gasteiger partial charge in [-0.2, -0.15) is 0 Å². The van der Waals surface area contributed by atoms with Gasteiger partial charge in [0.2, 0.25) is 0 Å². The number of benzene rings is 1. The number of hydrogen-bond acceptors (Lipinski definition) is 3. The second-order valence-electron chi connectivity index (χ2n) is 5.55. The molecule has 0 heterocycles. The first-order valence-electron chi connectivity index (χ1n) is 6.71. The average molecular weight is 249 g/mol. The SMILES string of the molecule is Cc1ccc(OCC2(O)CCCC2)c([C@@H](C)N)c1. The molecule has 100 valence electrons. The molecule has 18 heavy (non-hydrogen) atoms. The molecule has 1 fully saturated rings. The Labute approximate surface area is 109 Å². The van der Waals surface area contributed by atoms with Crippen LogP contribution in [-0.2, 0) is 0 Å². The number of aliphatic hydroxyl groups is 1. The third-order valence-corrected chi connectivity index (χ3v) is 3.69. The van der Waals surface area contributed by atoms with Crippen LogP contribution in [0.3, 0.4) is 0 Å². The summed E-state index contributed by atoms with van der Waals surface area (Å²) in [7, 11) is 0.